The summed E-state index contributed by atoms with van der Waals surface area (Å²) in [5, 5.41) is 17.6. The van der Waals surface area contributed by atoms with Crippen LogP contribution < -0.4 is 0 Å². The molecule has 0 saturated heterocycles. The maximum atomic E-state index is 11.7. The van der Waals surface area contributed by atoms with E-state index in [2.05, 4.69) is 38.8 Å². The Morgan fingerprint density at radius 3 is 1.94 bits per heavy atom. The fraction of sp³-hybridized carbons (Fsp3) is 0.250. The lowest BCUT2D eigenvalue weighted by molar-refractivity contribution is 0.0948. The third kappa shape index (κ3) is 4.49. The second kappa shape index (κ2) is 9.79. The van der Waals surface area contributed by atoms with E-state index in [1.54, 1.807) is 12.5 Å². The van der Waals surface area contributed by atoms with Crippen molar-refractivity contribution in [2.45, 2.75) is 44.2 Å². The summed E-state index contributed by atoms with van der Waals surface area (Å²) in [7, 11) is 0. The van der Waals surface area contributed by atoms with Gasteiger partial charge in [-0.2, -0.15) is 10.5 Å². The number of aryl methyl sites for hydroxylation is 1. The van der Waals surface area contributed by atoms with Crippen molar-refractivity contribution in [1.29, 1.82) is 10.5 Å². The van der Waals surface area contributed by atoms with E-state index in [0.717, 1.165) is 30.4 Å². The zero-order valence-electron chi connectivity index (χ0n) is 19.2. The highest BCUT2D eigenvalue weighted by molar-refractivity contribution is 5.95. The molecule has 6 rings (SSSR count). The van der Waals surface area contributed by atoms with Crippen LogP contribution in [0.2, 0.25) is 0 Å². The van der Waals surface area contributed by atoms with E-state index in [1.165, 1.54) is 17.7 Å². The third-order valence-electron chi connectivity index (χ3n) is 6.77. The molecule has 7 heteroatoms. The summed E-state index contributed by atoms with van der Waals surface area (Å²) in [4.78, 5) is 20.0. The molecule has 0 N–H and O–H groups in total. The van der Waals surface area contributed by atoms with Gasteiger partial charge < -0.3 is 9.13 Å². The summed E-state index contributed by atoms with van der Waals surface area (Å²) in [6.07, 6.45) is 12.0. The van der Waals surface area contributed by atoms with Crippen LogP contribution in [0.4, 0.5) is 0 Å². The zero-order chi connectivity index (χ0) is 24.2. The third-order valence-corrected chi connectivity index (χ3v) is 6.77. The van der Waals surface area contributed by atoms with Crippen molar-refractivity contribution in [2.75, 3.05) is 0 Å². The van der Waals surface area contributed by atoms with Crippen molar-refractivity contribution in [2.24, 2.45) is 0 Å². The van der Waals surface area contributed by atoms with Crippen molar-refractivity contribution in [1.82, 2.24) is 19.1 Å². The van der Waals surface area contributed by atoms with Gasteiger partial charge in [0.2, 0.25) is 0 Å². The average Bonchev–Trinajstić information content (AvgIpc) is 3.60. The van der Waals surface area contributed by atoms with Gasteiger partial charge in [0.15, 0.2) is 5.78 Å². The quantitative estimate of drug-likeness (QED) is 0.419. The Labute approximate surface area is 203 Å². The molecule has 2 aromatic heterocycles. The summed E-state index contributed by atoms with van der Waals surface area (Å²) >= 11 is 0. The first-order chi connectivity index (χ1) is 17.2. The van der Waals surface area contributed by atoms with Gasteiger partial charge in [0.25, 0.3) is 0 Å². The van der Waals surface area contributed by atoms with E-state index >= 15 is 0 Å². The minimum absolute atomic E-state index is 0.146. The van der Waals surface area contributed by atoms with Crippen LogP contribution >= 0.6 is 0 Å². The summed E-state index contributed by atoms with van der Waals surface area (Å²) in [6.45, 7) is 0. The predicted molar refractivity (Wildman–Crippen MR) is 130 cm³/mol. The van der Waals surface area contributed by atoms with Gasteiger partial charge in [-0.15, -0.1) is 0 Å². The van der Waals surface area contributed by atoms with Crippen LogP contribution in [0.1, 0.15) is 76.2 Å². The Bertz CT molecular complexity index is 1420. The normalized spacial score (nSPS) is 18.3. The molecule has 0 saturated carbocycles. The van der Waals surface area contributed by atoms with Crippen LogP contribution in [-0.4, -0.2) is 24.9 Å². The predicted octanol–water partition coefficient (Wildman–Crippen LogP) is 5.00. The van der Waals surface area contributed by atoms with Gasteiger partial charge in [-0.1, -0.05) is 24.3 Å². The molecule has 2 aromatic carbocycles. The fourth-order valence-electron chi connectivity index (χ4n) is 4.94. The number of carbonyl (C=O) groups is 1. The molecule has 0 amide bonds. The topological polar surface area (TPSA) is 100 Å². The lowest BCUT2D eigenvalue weighted by Gasteiger charge is -2.25. The summed E-state index contributed by atoms with van der Waals surface area (Å²) < 4.78 is 4.18. The molecule has 0 radical (unpaired) electrons. The van der Waals surface area contributed by atoms with Gasteiger partial charge in [-0.05, 0) is 61.1 Å². The second-order valence-electron chi connectivity index (χ2n) is 8.83. The number of fused-ring (bicyclic) bond motifs is 2. The van der Waals surface area contributed by atoms with Gasteiger partial charge in [0, 0.05) is 18.3 Å². The number of nitrogens with zero attached hydrogens (tertiary/aromatic N) is 6. The number of imidazole rings is 2. The SMILES string of the molecule is N#Cc1ccc([C@H]2CCC(=O)c3cncn32)cc1.N#Cc1ccc([C@H]2CCCc3cncn32)cc1. The van der Waals surface area contributed by atoms with E-state index in [9.17, 15) is 4.79 Å². The number of benzene rings is 2. The first-order valence-corrected chi connectivity index (χ1v) is 11.7. The minimum atomic E-state index is 0.146. The summed E-state index contributed by atoms with van der Waals surface area (Å²) in [6, 6.07) is 20.2. The van der Waals surface area contributed by atoms with Crippen molar-refractivity contribution in [3.05, 3.63) is 107 Å². The number of Topliss-reactive ketones (excluding diaryl/α,β-unsaturated/α-hetero) is 1. The van der Waals surface area contributed by atoms with Crippen molar-refractivity contribution in [3.63, 3.8) is 0 Å². The molecule has 0 aliphatic carbocycles. The second-order valence-corrected chi connectivity index (χ2v) is 8.83. The standard InChI is InChI=1S/C14H11N3O.C14H13N3/c15-7-10-1-3-11(4-2-10)12-5-6-14(18)13-8-16-9-17(12)13;15-8-11-4-6-12(7-5-11)14-3-1-2-13-9-16-10-17(13)14/h1-4,8-9,12H,5-6H2;4-7,9-10,14H,1-3H2/t12-;14-/m11/s1. The van der Waals surface area contributed by atoms with Gasteiger partial charge in [0.1, 0.15) is 5.69 Å². The van der Waals surface area contributed by atoms with Gasteiger partial charge >= 0.3 is 0 Å². The summed E-state index contributed by atoms with van der Waals surface area (Å²) in [5.41, 5.74) is 5.73. The maximum Gasteiger partial charge on any atom is 0.180 e. The monoisotopic (exact) mass is 460 g/mol. The Balaban J connectivity index is 0.000000145. The van der Waals surface area contributed by atoms with Gasteiger partial charge in [0.05, 0.1) is 54.2 Å². The lowest BCUT2D eigenvalue weighted by Crippen LogP contribution is -2.22. The van der Waals surface area contributed by atoms with Crippen LogP contribution in [-0.2, 0) is 6.42 Å². The smallest absolute Gasteiger partial charge is 0.180 e. The zero-order valence-corrected chi connectivity index (χ0v) is 19.2. The molecule has 2 aliphatic rings. The fourth-order valence-corrected chi connectivity index (χ4v) is 4.94. The summed E-state index contributed by atoms with van der Waals surface area (Å²) in [5.74, 6) is 0.150. The molecule has 0 spiro atoms. The highest BCUT2D eigenvalue weighted by Crippen LogP contribution is 2.31. The molecule has 2 atom stereocenters. The minimum Gasteiger partial charge on any atom is -0.327 e. The lowest BCUT2D eigenvalue weighted by atomic mass is 9.95. The van der Waals surface area contributed by atoms with Crippen molar-refractivity contribution in [3.8, 4) is 12.1 Å². The van der Waals surface area contributed by atoms with E-state index in [-0.39, 0.29) is 11.8 Å². The Kier molecular flexibility index (Phi) is 6.24. The molecule has 35 heavy (non-hydrogen) atoms. The number of aromatic nitrogens is 4. The number of hydrogen-bond donors (Lipinski definition) is 0. The molecule has 2 aliphatic heterocycles. The Morgan fingerprint density at radius 1 is 0.743 bits per heavy atom. The number of carbonyl (C=O) groups excluding carboxylic acids is 1. The van der Waals surface area contributed by atoms with Crippen LogP contribution in [0.5, 0.6) is 0 Å². The molecule has 0 bridgehead atoms. The molecule has 0 unspecified atom stereocenters. The van der Waals surface area contributed by atoms with Crippen molar-refractivity contribution < 1.29 is 4.79 Å². The highest BCUT2D eigenvalue weighted by atomic mass is 16.1. The Hall–Kier alpha value is -4.49. The highest BCUT2D eigenvalue weighted by Gasteiger charge is 2.26. The molecule has 4 aromatic rings. The van der Waals surface area contributed by atoms with E-state index < -0.39 is 0 Å². The van der Waals surface area contributed by atoms with Gasteiger partial charge in [-0.25, -0.2) is 9.97 Å². The van der Waals surface area contributed by atoms with Crippen molar-refractivity contribution >= 4 is 5.78 Å². The molecule has 0 fully saturated rings. The number of nitriles is 2. The molecular formula is C28H24N6O. The molecule has 4 heterocycles. The largest absolute Gasteiger partial charge is 0.327 e. The van der Waals surface area contributed by atoms with Crippen LogP contribution in [0.25, 0.3) is 0 Å². The van der Waals surface area contributed by atoms with E-state index in [1.807, 2.05) is 53.5 Å². The van der Waals surface area contributed by atoms with Crippen LogP contribution in [0.15, 0.2) is 73.6 Å². The Morgan fingerprint density at radius 2 is 1.31 bits per heavy atom. The number of rotatable bonds is 2. The van der Waals surface area contributed by atoms with Crippen LogP contribution in [0.3, 0.4) is 0 Å². The van der Waals surface area contributed by atoms with E-state index in [4.69, 9.17) is 10.5 Å². The first-order valence-electron chi connectivity index (χ1n) is 11.7. The van der Waals surface area contributed by atoms with Gasteiger partial charge in [-0.3, -0.25) is 4.79 Å². The number of hydrogen-bond acceptors (Lipinski definition) is 5. The molecule has 172 valence electrons. The number of ketones is 1. The molecule has 7 nitrogen and oxygen atoms in total. The first kappa shape index (κ1) is 22.3. The average molecular weight is 461 g/mol. The van der Waals surface area contributed by atoms with Crippen LogP contribution in [0, 0.1) is 22.7 Å². The maximum absolute atomic E-state index is 11.7. The molecular weight excluding hydrogens is 436 g/mol. The van der Waals surface area contributed by atoms with E-state index in [0.29, 0.717) is 23.7 Å².